The second-order valence-corrected chi connectivity index (χ2v) is 8.03. The lowest BCUT2D eigenvalue weighted by Crippen LogP contribution is -2.49. The quantitative estimate of drug-likeness (QED) is 0.403. The van der Waals surface area contributed by atoms with Crippen LogP contribution in [0.3, 0.4) is 0 Å². The molecular formula is C23H28N2O5. The first-order valence-corrected chi connectivity index (χ1v) is 10.5. The zero-order chi connectivity index (χ0) is 21.7. The van der Waals surface area contributed by atoms with Crippen molar-refractivity contribution in [2.75, 3.05) is 13.2 Å². The van der Waals surface area contributed by atoms with E-state index in [-0.39, 0.29) is 17.0 Å². The fourth-order valence-corrected chi connectivity index (χ4v) is 3.90. The van der Waals surface area contributed by atoms with E-state index in [4.69, 9.17) is 4.74 Å². The molecule has 2 aliphatic rings. The number of benzene rings is 1. The Bertz CT molecular complexity index is 839. The molecular weight excluding hydrogens is 384 g/mol. The van der Waals surface area contributed by atoms with Crippen LogP contribution in [-0.2, 0) is 14.3 Å². The molecule has 0 radical (unpaired) electrons. The van der Waals surface area contributed by atoms with Crippen LogP contribution >= 0.6 is 0 Å². The fraction of sp³-hybridized carbons (Fsp3) is 0.478. The molecule has 160 valence electrons. The van der Waals surface area contributed by atoms with Gasteiger partial charge < -0.3 is 10.1 Å². The number of nitrogens with one attached hydrogen (secondary N) is 1. The maximum absolute atomic E-state index is 12.7. The SMILES string of the molecule is CC(C)[C@@H](C(=O)OCC(=O)NCCC1=CCCCC1)N1C(=O)c2ccccc2C1=O. The highest BCUT2D eigenvalue weighted by atomic mass is 16.5. The Morgan fingerprint density at radius 1 is 1.10 bits per heavy atom. The second kappa shape index (κ2) is 9.69. The summed E-state index contributed by atoms with van der Waals surface area (Å²) in [5.74, 6) is -2.55. The third-order valence-electron chi connectivity index (χ3n) is 5.48. The van der Waals surface area contributed by atoms with Crippen LogP contribution in [0.15, 0.2) is 35.9 Å². The zero-order valence-corrected chi connectivity index (χ0v) is 17.5. The van der Waals surface area contributed by atoms with E-state index in [0.717, 1.165) is 24.2 Å². The van der Waals surface area contributed by atoms with Gasteiger partial charge in [0.2, 0.25) is 0 Å². The lowest BCUT2D eigenvalue weighted by molar-refractivity contribution is -0.153. The highest BCUT2D eigenvalue weighted by Gasteiger charge is 2.44. The maximum Gasteiger partial charge on any atom is 0.330 e. The van der Waals surface area contributed by atoms with Gasteiger partial charge in [-0.1, -0.05) is 37.6 Å². The summed E-state index contributed by atoms with van der Waals surface area (Å²) in [6.45, 7) is 3.51. The van der Waals surface area contributed by atoms with Crippen LogP contribution in [0, 0.1) is 5.92 Å². The van der Waals surface area contributed by atoms with E-state index < -0.39 is 36.3 Å². The number of hydrogen-bond donors (Lipinski definition) is 1. The van der Waals surface area contributed by atoms with Gasteiger partial charge in [-0.25, -0.2) is 4.79 Å². The average Bonchev–Trinajstić information content (AvgIpc) is 2.98. The van der Waals surface area contributed by atoms with Crippen LogP contribution in [0.1, 0.15) is 66.7 Å². The molecule has 0 saturated heterocycles. The minimum Gasteiger partial charge on any atom is -0.454 e. The van der Waals surface area contributed by atoms with E-state index in [1.807, 2.05) is 0 Å². The Kier molecular flexibility index (Phi) is 7.03. The molecule has 7 nitrogen and oxygen atoms in total. The first-order valence-electron chi connectivity index (χ1n) is 10.5. The highest BCUT2D eigenvalue weighted by molar-refractivity contribution is 6.22. The minimum atomic E-state index is -1.09. The van der Waals surface area contributed by atoms with Crippen molar-refractivity contribution in [3.8, 4) is 0 Å². The Labute approximate surface area is 176 Å². The molecule has 3 rings (SSSR count). The fourth-order valence-electron chi connectivity index (χ4n) is 3.90. The van der Waals surface area contributed by atoms with Gasteiger partial charge in [0.15, 0.2) is 6.61 Å². The van der Waals surface area contributed by atoms with Crippen LogP contribution in [0.2, 0.25) is 0 Å². The standard InChI is InChI=1S/C23H28N2O5/c1-15(2)20(25-21(27)17-10-6-7-11-18(17)22(25)28)23(29)30-14-19(26)24-13-12-16-8-4-3-5-9-16/h6-8,10-11,15,20H,3-5,9,12-14H2,1-2H3,(H,24,26)/t20-/m0/s1. The number of nitrogens with zero attached hydrogens (tertiary/aromatic N) is 1. The van der Waals surface area contributed by atoms with Gasteiger partial charge in [0.25, 0.3) is 17.7 Å². The molecule has 30 heavy (non-hydrogen) atoms. The maximum atomic E-state index is 12.7. The number of esters is 1. The van der Waals surface area contributed by atoms with Crippen molar-refractivity contribution >= 4 is 23.7 Å². The molecule has 1 N–H and O–H groups in total. The van der Waals surface area contributed by atoms with E-state index in [1.54, 1.807) is 38.1 Å². The van der Waals surface area contributed by atoms with Crippen molar-refractivity contribution in [2.45, 2.75) is 52.0 Å². The summed E-state index contributed by atoms with van der Waals surface area (Å²) in [5.41, 5.74) is 1.90. The lowest BCUT2D eigenvalue weighted by Gasteiger charge is -2.27. The van der Waals surface area contributed by atoms with Crippen molar-refractivity contribution < 1.29 is 23.9 Å². The molecule has 0 fully saturated rings. The molecule has 0 spiro atoms. The van der Waals surface area contributed by atoms with Crippen molar-refractivity contribution in [3.63, 3.8) is 0 Å². The normalized spacial score (nSPS) is 16.9. The monoisotopic (exact) mass is 412 g/mol. The molecule has 3 amide bonds. The van der Waals surface area contributed by atoms with Crippen LogP contribution < -0.4 is 5.32 Å². The van der Waals surface area contributed by atoms with E-state index >= 15 is 0 Å². The Morgan fingerprint density at radius 3 is 2.33 bits per heavy atom. The molecule has 1 aromatic rings. The Morgan fingerprint density at radius 2 is 1.77 bits per heavy atom. The van der Waals surface area contributed by atoms with Crippen molar-refractivity contribution in [1.29, 1.82) is 0 Å². The Balaban J connectivity index is 1.55. The first kappa shape index (κ1) is 21.7. The predicted octanol–water partition coefficient (Wildman–Crippen LogP) is 2.86. The smallest absolute Gasteiger partial charge is 0.330 e. The number of allylic oxidation sites excluding steroid dienone is 1. The molecule has 0 saturated carbocycles. The van der Waals surface area contributed by atoms with Gasteiger partial charge in [0, 0.05) is 6.54 Å². The third kappa shape index (κ3) is 4.78. The predicted molar refractivity (Wildman–Crippen MR) is 111 cm³/mol. The summed E-state index contributed by atoms with van der Waals surface area (Å²) < 4.78 is 5.17. The molecule has 0 unspecified atom stereocenters. The average molecular weight is 412 g/mol. The second-order valence-electron chi connectivity index (χ2n) is 8.03. The van der Waals surface area contributed by atoms with Crippen molar-refractivity contribution in [2.24, 2.45) is 5.92 Å². The molecule has 0 bridgehead atoms. The van der Waals surface area contributed by atoms with Gasteiger partial charge in [-0.2, -0.15) is 0 Å². The number of carbonyl (C=O) groups excluding carboxylic acids is 4. The summed E-state index contributed by atoms with van der Waals surface area (Å²) >= 11 is 0. The van der Waals surface area contributed by atoms with Crippen molar-refractivity contribution in [1.82, 2.24) is 10.2 Å². The van der Waals surface area contributed by atoms with E-state index in [9.17, 15) is 19.2 Å². The molecule has 0 aromatic heterocycles. The molecule has 7 heteroatoms. The van der Waals surface area contributed by atoms with Gasteiger partial charge >= 0.3 is 5.97 Å². The number of carbonyl (C=O) groups is 4. The number of rotatable bonds is 8. The molecule has 1 aliphatic heterocycles. The summed E-state index contributed by atoms with van der Waals surface area (Å²) in [6, 6.07) is 5.38. The number of imide groups is 1. The van der Waals surface area contributed by atoms with E-state index in [2.05, 4.69) is 11.4 Å². The summed E-state index contributed by atoms with van der Waals surface area (Å²) in [4.78, 5) is 51.1. The minimum absolute atomic E-state index is 0.274. The van der Waals surface area contributed by atoms with Crippen LogP contribution in [0.5, 0.6) is 0 Å². The van der Waals surface area contributed by atoms with E-state index in [1.165, 1.54) is 18.4 Å². The highest BCUT2D eigenvalue weighted by Crippen LogP contribution is 2.27. The van der Waals surface area contributed by atoms with Gasteiger partial charge in [0.05, 0.1) is 11.1 Å². The third-order valence-corrected chi connectivity index (χ3v) is 5.48. The van der Waals surface area contributed by atoms with Crippen molar-refractivity contribution in [3.05, 3.63) is 47.0 Å². The van der Waals surface area contributed by atoms with Crippen LogP contribution in [0.25, 0.3) is 0 Å². The summed E-state index contributed by atoms with van der Waals surface area (Å²) in [7, 11) is 0. The van der Waals surface area contributed by atoms with Crippen LogP contribution in [-0.4, -0.2) is 47.8 Å². The largest absolute Gasteiger partial charge is 0.454 e. The molecule has 1 heterocycles. The van der Waals surface area contributed by atoms with Gasteiger partial charge in [-0.3, -0.25) is 19.3 Å². The van der Waals surface area contributed by atoms with Gasteiger partial charge in [-0.15, -0.1) is 0 Å². The summed E-state index contributed by atoms with van der Waals surface area (Å²) in [5, 5.41) is 2.75. The van der Waals surface area contributed by atoms with Gasteiger partial charge in [0.1, 0.15) is 6.04 Å². The zero-order valence-electron chi connectivity index (χ0n) is 17.5. The number of hydrogen-bond acceptors (Lipinski definition) is 5. The van der Waals surface area contributed by atoms with Gasteiger partial charge in [-0.05, 0) is 50.2 Å². The first-order chi connectivity index (χ1) is 14.4. The van der Waals surface area contributed by atoms with Crippen LogP contribution in [0.4, 0.5) is 0 Å². The number of amides is 3. The number of fused-ring (bicyclic) bond motifs is 1. The molecule has 1 atom stereocenters. The molecule has 1 aliphatic carbocycles. The van der Waals surface area contributed by atoms with E-state index in [0.29, 0.717) is 6.54 Å². The topological polar surface area (TPSA) is 92.8 Å². The Hall–Kier alpha value is -2.96. The molecule has 1 aromatic carbocycles. The summed E-state index contributed by atoms with van der Waals surface area (Å²) in [6.07, 6.45) is 7.59. The lowest BCUT2D eigenvalue weighted by atomic mass is 9.97. The number of ether oxygens (including phenoxy) is 1.